The van der Waals surface area contributed by atoms with Gasteiger partial charge in [0, 0.05) is 6.20 Å². The second-order valence-electron chi connectivity index (χ2n) is 4.05. The fraction of sp³-hybridized carbons (Fsp3) is 0.0769. The van der Waals surface area contributed by atoms with Crippen LogP contribution in [0.5, 0.6) is 11.5 Å². The predicted molar refractivity (Wildman–Crippen MR) is 76.4 cm³/mol. The van der Waals surface area contributed by atoms with Crippen molar-refractivity contribution in [1.29, 1.82) is 0 Å². The first-order valence-electron chi connectivity index (χ1n) is 5.74. The van der Waals surface area contributed by atoms with Gasteiger partial charge in [-0.3, -0.25) is 19.9 Å². The number of carbonyl (C=O) groups is 1. The van der Waals surface area contributed by atoms with E-state index >= 15 is 0 Å². The number of hydrogen-bond donors (Lipinski definition) is 1. The Bertz CT molecular complexity index is 705. The summed E-state index contributed by atoms with van der Waals surface area (Å²) in [6.45, 7) is 0. The van der Waals surface area contributed by atoms with Crippen molar-refractivity contribution in [3.63, 3.8) is 0 Å². The lowest BCUT2D eigenvalue weighted by Gasteiger charge is -2.08. The molecule has 0 aliphatic rings. The van der Waals surface area contributed by atoms with Crippen molar-refractivity contribution in [2.45, 2.75) is 6.42 Å². The molecule has 21 heavy (non-hydrogen) atoms. The number of nitro groups is 1. The average molecular weight is 353 g/mol. The Morgan fingerprint density at radius 3 is 2.86 bits per heavy atom. The van der Waals surface area contributed by atoms with Crippen LogP contribution < -0.4 is 4.74 Å². The molecule has 0 fully saturated rings. The van der Waals surface area contributed by atoms with E-state index in [1.807, 2.05) is 0 Å². The minimum absolute atomic E-state index is 0.0162. The smallest absolute Gasteiger partial charge is 0.330 e. The van der Waals surface area contributed by atoms with Crippen LogP contribution in [0.1, 0.15) is 5.56 Å². The molecule has 0 spiro atoms. The topological polar surface area (TPSA) is 103 Å². The number of aliphatic carboxylic acids is 1. The van der Waals surface area contributed by atoms with Gasteiger partial charge >= 0.3 is 11.7 Å². The molecule has 1 aromatic heterocycles. The zero-order valence-corrected chi connectivity index (χ0v) is 12.1. The van der Waals surface area contributed by atoms with Crippen molar-refractivity contribution in [2.24, 2.45) is 0 Å². The largest absolute Gasteiger partial charge is 0.481 e. The number of benzene rings is 1. The number of pyridine rings is 1. The molecule has 0 saturated heterocycles. The predicted octanol–water partition coefficient (Wildman–Crippen LogP) is 3.17. The minimum Gasteiger partial charge on any atom is -0.481 e. The second kappa shape index (κ2) is 6.31. The second-order valence-corrected chi connectivity index (χ2v) is 4.90. The summed E-state index contributed by atoms with van der Waals surface area (Å²) in [6.07, 6.45) is 2.31. The summed E-state index contributed by atoms with van der Waals surface area (Å²) in [4.78, 5) is 24.8. The third kappa shape index (κ3) is 3.76. The molecule has 0 unspecified atom stereocenters. The average Bonchev–Trinajstić information content (AvgIpc) is 2.40. The van der Waals surface area contributed by atoms with Crippen molar-refractivity contribution in [3.05, 3.63) is 56.8 Å². The van der Waals surface area contributed by atoms with Crippen LogP contribution >= 0.6 is 15.9 Å². The number of rotatable bonds is 5. The van der Waals surface area contributed by atoms with Gasteiger partial charge < -0.3 is 9.84 Å². The minimum atomic E-state index is -0.969. The zero-order chi connectivity index (χ0) is 15.4. The van der Waals surface area contributed by atoms with E-state index in [9.17, 15) is 14.9 Å². The van der Waals surface area contributed by atoms with Crippen LogP contribution in [0.3, 0.4) is 0 Å². The van der Waals surface area contributed by atoms with Gasteiger partial charge in [0.2, 0.25) is 5.75 Å². The molecule has 1 heterocycles. The molecule has 0 saturated carbocycles. The van der Waals surface area contributed by atoms with Crippen molar-refractivity contribution in [1.82, 2.24) is 4.98 Å². The van der Waals surface area contributed by atoms with E-state index in [1.165, 1.54) is 12.3 Å². The van der Waals surface area contributed by atoms with Crippen LogP contribution in [0.4, 0.5) is 5.69 Å². The number of carboxylic acid groups (broad SMARTS) is 1. The number of nitrogens with zero attached hydrogens (tertiary/aromatic N) is 2. The molecule has 0 atom stereocenters. The molecular weight excluding hydrogens is 344 g/mol. The Balaban J connectivity index is 2.34. The molecule has 0 aliphatic carbocycles. The van der Waals surface area contributed by atoms with Gasteiger partial charge in [-0.15, -0.1) is 0 Å². The Labute approximate surface area is 127 Å². The van der Waals surface area contributed by atoms with E-state index in [0.29, 0.717) is 15.8 Å². The molecule has 0 aliphatic heterocycles. The van der Waals surface area contributed by atoms with E-state index in [-0.39, 0.29) is 17.9 Å². The summed E-state index contributed by atoms with van der Waals surface area (Å²) in [5, 5.41) is 19.7. The summed E-state index contributed by atoms with van der Waals surface area (Å²) in [7, 11) is 0. The monoisotopic (exact) mass is 352 g/mol. The van der Waals surface area contributed by atoms with Gasteiger partial charge in [0.25, 0.3) is 0 Å². The number of ether oxygens (including phenoxy) is 1. The quantitative estimate of drug-likeness (QED) is 0.654. The van der Waals surface area contributed by atoms with Crippen LogP contribution in [0.25, 0.3) is 0 Å². The molecule has 8 heteroatoms. The molecule has 108 valence electrons. The van der Waals surface area contributed by atoms with Crippen molar-refractivity contribution >= 4 is 27.6 Å². The highest BCUT2D eigenvalue weighted by Crippen LogP contribution is 2.37. The lowest BCUT2D eigenvalue weighted by molar-refractivity contribution is -0.386. The van der Waals surface area contributed by atoms with Crippen LogP contribution in [0.15, 0.2) is 41.1 Å². The Hall–Kier alpha value is -2.48. The Kier molecular flexibility index (Phi) is 4.49. The maximum Gasteiger partial charge on any atom is 0.330 e. The van der Waals surface area contributed by atoms with Gasteiger partial charge in [-0.05, 0) is 33.6 Å². The van der Waals surface area contributed by atoms with Crippen LogP contribution in [-0.4, -0.2) is 21.0 Å². The maximum atomic E-state index is 11.0. The summed E-state index contributed by atoms with van der Waals surface area (Å²) in [5.41, 5.74) is 0.251. The molecule has 1 N–H and O–H groups in total. The van der Waals surface area contributed by atoms with Crippen LogP contribution in [0, 0.1) is 10.1 Å². The van der Waals surface area contributed by atoms with Gasteiger partial charge in [0.05, 0.1) is 15.8 Å². The highest BCUT2D eigenvalue weighted by molar-refractivity contribution is 9.10. The van der Waals surface area contributed by atoms with Crippen molar-refractivity contribution in [2.75, 3.05) is 0 Å². The van der Waals surface area contributed by atoms with E-state index in [0.717, 1.165) is 6.20 Å². The third-order valence-electron chi connectivity index (χ3n) is 2.50. The van der Waals surface area contributed by atoms with E-state index in [2.05, 4.69) is 20.9 Å². The number of hydrogen-bond acceptors (Lipinski definition) is 5. The van der Waals surface area contributed by atoms with Gasteiger partial charge in [-0.2, -0.15) is 0 Å². The highest BCUT2D eigenvalue weighted by atomic mass is 79.9. The number of aromatic nitrogens is 1. The third-order valence-corrected chi connectivity index (χ3v) is 3.07. The van der Waals surface area contributed by atoms with Gasteiger partial charge in [-0.25, -0.2) is 0 Å². The summed E-state index contributed by atoms with van der Waals surface area (Å²) < 4.78 is 5.84. The molecule has 1 aromatic carbocycles. The molecule has 0 bridgehead atoms. The lowest BCUT2D eigenvalue weighted by atomic mass is 10.1. The first-order chi connectivity index (χ1) is 9.97. The maximum absolute atomic E-state index is 11.0. The van der Waals surface area contributed by atoms with E-state index in [1.54, 1.807) is 18.2 Å². The first kappa shape index (κ1) is 14.9. The van der Waals surface area contributed by atoms with Gasteiger partial charge in [0.1, 0.15) is 11.9 Å². The molecule has 2 aromatic rings. The summed E-state index contributed by atoms with van der Waals surface area (Å²) in [6, 6.07) is 6.36. The van der Waals surface area contributed by atoms with Gasteiger partial charge in [-0.1, -0.05) is 12.1 Å². The number of carboxylic acids is 1. The van der Waals surface area contributed by atoms with E-state index < -0.39 is 10.9 Å². The van der Waals surface area contributed by atoms with Gasteiger partial charge in [0.15, 0.2) is 0 Å². The van der Waals surface area contributed by atoms with Crippen molar-refractivity contribution in [3.8, 4) is 11.5 Å². The lowest BCUT2D eigenvalue weighted by Crippen LogP contribution is -2.00. The molecule has 7 nitrogen and oxygen atoms in total. The fourth-order valence-corrected chi connectivity index (χ4v) is 2.06. The van der Waals surface area contributed by atoms with Crippen LogP contribution in [0.2, 0.25) is 0 Å². The molecule has 0 radical (unpaired) electrons. The molecular formula is C13H9BrN2O5. The zero-order valence-electron chi connectivity index (χ0n) is 10.5. The standard InChI is InChI=1S/C13H9BrN2O5/c14-10-6-15-7-11(16(19)20)13(10)21-9-3-1-2-8(4-9)5-12(17)18/h1-4,6-7H,5H2,(H,17,18). The fourth-order valence-electron chi connectivity index (χ4n) is 1.66. The molecule has 0 amide bonds. The first-order valence-corrected chi connectivity index (χ1v) is 6.53. The Morgan fingerprint density at radius 1 is 1.43 bits per heavy atom. The molecule has 2 rings (SSSR count). The highest BCUT2D eigenvalue weighted by Gasteiger charge is 2.19. The summed E-state index contributed by atoms with van der Waals surface area (Å²) in [5.74, 6) is -0.644. The van der Waals surface area contributed by atoms with Crippen molar-refractivity contribution < 1.29 is 19.6 Å². The normalized spacial score (nSPS) is 10.1. The Morgan fingerprint density at radius 2 is 2.19 bits per heavy atom. The SMILES string of the molecule is O=C(O)Cc1cccc(Oc2c(Br)cncc2[N+](=O)[O-])c1. The van der Waals surface area contributed by atoms with Crippen LogP contribution in [-0.2, 0) is 11.2 Å². The summed E-state index contributed by atoms with van der Waals surface area (Å²) >= 11 is 3.15. The number of halogens is 1. The van der Waals surface area contributed by atoms with E-state index in [4.69, 9.17) is 9.84 Å².